The molecule has 0 spiro atoms. The average Bonchev–Trinajstić information content (AvgIpc) is 1.59. The second-order valence-electron chi connectivity index (χ2n) is 1.59. The van der Waals surface area contributed by atoms with E-state index in [1.54, 1.807) is 0 Å². The van der Waals surface area contributed by atoms with Crippen molar-refractivity contribution in [3.05, 3.63) is 34.3 Å². The van der Waals surface area contributed by atoms with Gasteiger partial charge in [-0.2, -0.15) is 0 Å². The van der Waals surface area contributed by atoms with E-state index in [2.05, 4.69) is 15.9 Å². The van der Waals surface area contributed by atoms with E-state index in [1.165, 1.54) is 12.1 Å². The van der Waals surface area contributed by atoms with Gasteiger partial charge in [0.1, 0.15) is 11.6 Å². The predicted octanol–water partition coefficient (Wildman–Crippen LogP) is 2.57. The maximum absolute atomic E-state index is 12.2. The van der Waals surface area contributed by atoms with Crippen molar-refractivity contribution in [1.82, 2.24) is 0 Å². The average molecular weight is 219 g/mol. The van der Waals surface area contributed by atoms with Gasteiger partial charge in [0.2, 0.25) is 0 Å². The van der Waals surface area contributed by atoms with E-state index >= 15 is 0 Å². The SMILES string of the molecule is Fc1cc(F)cc(Br)c1.[H-].[H-].[Mg+2]. The van der Waals surface area contributed by atoms with E-state index in [-0.39, 0.29) is 25.9 Å². The van der Waals surface area contributed by atoms with Gasteiger partial charge < -0.3 is 2.85 Å². The molecule has 1 rings (SSSR count). The van der Waals surface area contributed by atoms with Crippen molar-refractivity contribution in [2.24, 2.45) is 0 Å². The molecule has 0 saturated carbocycles. The van der Waals surface area contributed by atoms with Crippen LogP contribution in [0, 0.1) is 11.6 Å². The van der Waals surface area contributed by atoms with Crippen molar-refractivity contribution < 1.29 is 11.6 Å². The third-order valence-corrected chi connectivity index (χ3v) is 1.29. The van der Waals surface area contributed by atoms with Crippen LogP contribution in [0.25, 0.3) is 0 Å². The zero-order valence-electron chi connectivity index (χ0n) is 7.07. The summed E-state index contributed by atoms with van der Waals surface area (Å²) in [5, 5.41) is 0. The minimum absolute atomic E-state index is 0. The van der Waals surface area contributed by atoms with Gasteiger partial charge in [-0.1, -0.05) is 15.9 Å². The molecule has 1 aromatic carbocycles. The number of halogens is 3. The summed E-state index contributed by atoms with van der Waals surface area (Å²) in [5.41, 5.74) is 0. The minimum atomic E-state index is -0.568. The van der Waals surface area contributed by atoms with Crippen LogP contribution in [0.1, 0.15) is 2.85 Å². The summed E-state index contributed by atoms with van der Waals surface area (Å²) in [6.07, 6.45) is 0. The Morgan fingerprint density at radius 3 is 1.80 bits per heavy atom. The van der Waals surface area contributed by atoms with E-state index in [0.29, 0.717) is 4.47 Å². The van der Waals surface area contributed by atoms with Gasteiger partial charge in [0.15, 0.2) is 0 Å². The van der Waals surface area contributed by atoms with E-state index in [1.807, 2.05) is 0 Å². The maximum atomic E-state index is 12.2. The van der Waals surface area contributed by atoms with Gasteiger partial charge in [0.05, 0.1) is 0 Å². The largest absolute Gasteiger partial charge is 2.00 e. The zero-order valence-corrected chi connectivity index (χ0v) is 8.07. The molecule has 0 nitrogen and oxygen atoms in total. The quantitative estimate of drug-likeness (QED) is 0.588. The fraction of sp³-hybridized carbons (Fsp3) is 0. The van der Waals surface area contributed by atoms with Gasteiger partial charge in [0, 0.05) is 10.5 Å². The summed E-state index contributed by atoms with van der Waals surface area (Å²) in [6, 6.07) is 3.22. The van der Waals surface area contributed by atoms with Crippen LogP contribution in [-0.4, -0.2) is 23.1 Å². The van der Waals surface area contributed by atoms with Crippen molar-refractivity contribution in [3.8, 4) is 0 Å². The van der Waals surface area contributed by atoms with E-state index < -0.39 is 11.6 Å². The van der Waals surface area contributed by atoms with Gasteiger partial charge >= 0.3 is 23.1 Å². The molecule has 0 amide bonds. The van der Waals surface area contributed by atoms with Gasteiger partial charge in [-0.25, -0.2) is 8.78 Å². The molecule has 4 heteroatoms. The summed E-state index contributed by atoms with van der Waals surface area (Å²) in [5.74, 6) is -1.14. The Balaban J connectivity index is -0.000000270. The first-order valence-electron chi connectivity index (χ1n) is 2.30. The second-order valence-corrected chi connectivity index (χ2v) is 2.50. The molecule has 0 aliphatic rings. The number of rotatable bonds is 0. The number of hydrogen-bond acceptors (Lipinski definition) is 0. The Morgan fingerprint density at radius 2 is 1.50 bits per heavy atom. The molecule has 0 aromatic heterocycles. The molecule has 0 aliphatic carbocycles. The Labute approximate surface area is 84.9 Å². The van der Waals surface area contributed by atoms with Gasteiger partial charge in [-0.3, -0.25) is 0 Å². The molecule has 0 saturated heterocycles. The monoisotopic (exact) mass is 218 g/mol. The predicted molar refractivity (Wildman–Crippen MR) is 42.0 cm³/mol. The third-order valence-electron chi connectivity index (χ3n) is 0.827. The minimum Gasteiger partial charge on any atom is -1.00 e. The molecule has 0 fully saturated rings. The Hall–Kier alpha value is 0.326. The summed E-state index contributed by atoms with van der Waals surface area (Å²) in [7, 11) is 0. The molecule has 0 atom stereocenters. The Morgan fingerprint density at radius 1 is 1.10 bits per heavy atom. The van der Waals surface area contributed by atoms with Gasteiger partial charge in [0.25, 0.3) is 0 Å². The van der Waals surface area contributed by atoms with Crippen LogP contribution in [0.15, 0.2) is 22.7 Å². The van der Waals surface area contributed by atoms with Crippen LogP contribution < -0.4 is 0 Å². The van der Waals surface area contributed by atoms with Crippen LogP contribution in [-0.2, 0) is 0 Å². The van der Waals surface area contributed by atoms with E-state index in [0.717, 1.165) is 6.07 Å². The molecular weight excluding hydrogens is 214 g/mol. The third kappa shape index (κ3) is 2.94. The molecule has 10 heavy (non-hydrogen) atoms. The Bertz CT molecular complexity index is 184. The van der Waals surface area contributed by atoms with Crippen LogP contribution in [0.5, 0.6) is 0 Å². The molecule has 0 bridgehead atoms. The maximum Gasteiger partial charge on any atom is 2.00 e. The molecule has 0 unspecified atom stereocenters. The Kier molecular flexibility index (Phi) is 4.39. The topological polar surface area (TPSA) is 0 Å². The summed E-state index contributed by atoms with van der Waals surface area (Å²) >= 11 is 2.93. The molecule has 0 N–H and O–H groups in total. The fourth-order valence-corrected chi connectivity index (χ4v) is 0.958. The standard InChI is InChI=1S/C6H3BrF2.Mg.2H/c7-4-1-5(8)3-6(9)2-4;;;/h1-3H;;;/q;+2;2*-1. The number of hydrogen-bond donors (Lipinski definition) is 0. The van der Waals surface area contributed by atoms with Crippen LogP contribution in [0.2, 0.25) is 0 Å². The first-order valence-corrected chi connectivity index (χ1v) is 3.09. The van der Waals surface area contributed by atoms with Crippen LogP contribution >= 0.6 is 15.9 Å². The first-order chi connectivity index (χ1) is 4.18. The normalized spacial score (nSPS) is 8.70. The van der Waals surface area contributed by atoms with E-state index in [9.17, 15) is 8.78 Å². The van der Waals surface area contributed by atoms with Crippen LogP contribution in [0.3, 0.4) is 0 Å². The molecule has 0 radical (unpaired) electrons. The molecule has 0 heterocycles. The summed E-state index contributed by atoms with van der Waals surface area (Å²) in [6.45, 7) is 0. The fourth-order valence-electron chi connectivity index (χ4n) is 0.520. The summed E-state index contributed by atoms with van der Waals surface area (Å²) in [4.78, 5) is 0. The number of benzene rings is 1. The smallest absolute Gasteiger partial charge is 1.00 e. The van der Waals surface area contributed by atoms with Crippen LogP contribution in [0.4, 0.5) is 8.78 Å². The molecule has 0 aliphatic heterocycles. The van der Waals surface area contributed by atoms with Crippen molar-refractivity contribution in [3.63, 3.8) is 0 Å². The van der Waals surface area contributed by atoms with Crippen molar-refractivity contribution in [2.75, 3.05) is 0 Å². The van der Waals surface area contributed by atoms with Gasteiger partial charge in [-0.15, -0.1) is 0 Å². The van der Waals surface area contributed by atoms with E-state index in [4.69, 9.17) is 0 Å². The molecule has 1 aromatic rings. The molecule has 52 valence electrons. The zero-order chi connectivity index (χ0) is 6.85. The van der Waals surface area contributed by atoms with Crippen molar-refractivity contribution in [1.29, 1.82) is 0 Å². The van der Waals surface area contributed by atoms with Gasteiger partial charge in [-0.05, 0) is 12.1 Å². The van der Waals surface area contributed by atoms with Crippen molar-refractivity contribution >= 4 is 39.0 Å². The van der Waals surface area contributed by atoms with Crippen molar-refractivity contribution in [2.45, 2.75) is 0 Å². The first kappa shape index (κ1) is 10.3. The summed E-state index contributed by atoms with van der Waals surface area (Å²) < 4.78 is 24.7. The second kappa shape index (κ2) is 4.26. The molecular formula is C6H5BrF2Mg.